The minimum Gasteiger partial charge on any atom is -0.342 e. The highest BCUT2D eigenvalue weighted by Gasteiger charge is 2.26. The van der Waals surface area contributed by atoms with E-state index in [1.165, 1.54) is 0 Å². The zero-order valence-electron chi connectivity index (χ0n) is 14.5. The van der Waals surface area contributed by atoms with Crippen molar-refractivity contribution in [2.75, 3.05) is 13.1 Å². The molecule has 0 bridgehead atoms. The lowest BCUT2D eigenvalue weighted by atomic mass is 9.93. The van der Waals surface area contributed by atoms with Gasteiger partial charge in [-0.05, 0) is 24.8 Å². The Bertz CT molecular complexity index is 684. The first kappa shape index (κ1) is 16.6. The molecule has 2 aromatic rings. The third-order valence-electron chi connectivity index (χ3n) is 4.48. The van der Waals surface area contributed by atoms with E-state index in [-0.39, 0.29) is 5.91 Å². The van der Waals surface area contributed by atoms with Crippen LogP contribution in [-0.2, 0) is 4.79 Å². The zero-order chi connectivity index (χ0) is 16.9. The van der Waals surface area contributed by atoms with Gasteiger partial charge in [0.1, 0.15) is 0 Å². The topological polar surface area (TPSA) is 46.1 Å². The van der Waals surface area contributed by atoms with Crippen molar-refractivity contribution in [2.24, 2.45) is 5.92 Å². The Morgan fingerprint density at radius 3 is 2.79 bits per heavy atom. The molecule has 0 spiro atoms. The molecule has 1 aromatic heterocycles. The van der Waals surface area contributed by atoms with Crippen LogP contribution in [0.15, 0.2) is 42.6 Å². The van der Waals surface area contributed by atoms with Crippen molar-refractivity contribution in [1.29, 1.82) is 0 Å². The maximum absolute atomic E-state index is 12.4. The van der Waals surface area contributed by atoms with Crippen molar-refractivity contribution in [3.63, 3.8) is 0 Å². The van der Waals surface area contributed by atoms with Gasteiger partial charge in [0.25, 0.3) is 0 Å². The van der Waals surface area contributed by atoms with Gasteiger partial charge in [-0.3, -0.25) is 4.79 Å². The molecule has 0 saturated carbocycles. The second-order valence-electron chi connectivity index (χ2n) is 6.95. The molecule has 1 aliphatic heterocycles. The first-order chi connectivity index (χ1) is 11.6. The standard InChI is InChI=1S/C20H25N3O/c1-15(2)13-19(24)23-12-6-9-17(14-23)18-10-11-21-20(22-18)16-7-4-3-5-8-16/h3-5,7-8,10-11,15,17H,6,9,12-14H2,1-2H3/t17-/m0/s1. The fraction of sp³-hybridized carbons (Fsp3) is 0.450. The molecule has 3 rings (SSSR count). The first-order valence-electron chi connectivity index (χ1n) is 8.79. The molecule has 0 unspecified atom stereocenters. The number of amides is 1. The summed E-state index contributed by atoms with van der Waals surface area (Å²) in [6.45, 7) is 5.83. The van der Waals surface area contributed by atoms with Crippen molar-refractivity contribution >= 4 is 5.91 Å². The maximum Gasteiger partial charge on any atom is 0.222 e. The van der Waals surface area contributed by atoms with Crippen LogP contribution < -0.4 is 0 Å². The lowest BCUT2D eigenvalue weighted by molar-refractivity contribution is -0.133. The van der Waals surface area contributed by atoms with Crippen LogP contribution in [-0.4, -0.2) is 33.9 Å². The smallest absolute Gasteiger partial charge is 0.222 e. The molecule has 1 aromatic carbocycles. The van der Waals surface area contributed by atoms with Gasteiger partial charge in [-0.15, -0.1) is 0 Å². The van der Waals surface area contributed by atoms with E-state index in [9.17, 15) is 4.79 Å². The average molecular weight is 323 g/mol. The molecule has 24 heavy (non-hydrogen) atoms. The van der Waals surface area contributed by atoms with Crippen LogP contribution in [0.3, 0.4) is 0 Å². The third kappa shape index (κ3) is 3.99. The summed E-state index contributed by atoms with van der Waals surface area (Å²) >= 11 is 0. The minimum absolute atomic E-state index is 0.270. The van der Waals surface area contributed by atoms with Crippen molar-refractivity contribution in [3.8, 4) is 11.4 Å². The highest BCUT2D eigenvalue weighted by Crippen LogP contribution is 2.27. The maximum atomic E-state index is 12.4. The molecule has 0 N–H and O–H groups in total. The lowest BCUT2D eigenvalue weighted by Gasteiger charge is -2.33. The van der Waals surface area contributed by atoms with Gasteiger partial charge in [0.2, 0.25) is 5.91 Å². The Hall–Kier alpha value is -2.23. The Morgan fingerprint density at radius 2 is 2.04 bits per heavy atom. The predicted molar refractivity (Wildman–Crippen MR) is 95.5 cm³/mol. The summed E-state index contributed by atoms with van der Waals surface area (Å²) in [4.78, 5) is 23.6. The van der Waals surface area contributed by atoms with E-state index in [1.54, 1.807) is 0 Å². The number of piperidine rings is 1. The normalized spacial score (nSPS) is 18.0. The second-order valence-corrected chi connectivity index (χ2v) is 6.95. The Morgan fingerprint density at radius 1 is 1.25 bits per heavy atom. The van der Waals surface area contributed by atoms with E-state index in [0.29, 0.717) is 18.3 Å². The summed E-state index contributed by atoms with van der Waals surface area (Å²) in [5.74, 6) is 1.74. The van der Waals surface area contributed by atoms with Gasteiger partial charge in [0, 0.05) is 42.9 Å². The number of carbonyl (C=O) groups excluding carboxylic acids is 1. The van der Waals surface area contributed by atoms with Crippen LogP contribution in [0.5, 0.6) is 0 Å². The minimum atomic E-state index is 0.270. The van der Waals surface area contributed by atoms with Gasteiger partial charge in [-0.2, -0.15) is 0 Å². The van der Waals surface area contributed by atoms with Crippen LogP contribution in [0.4, 0.5) is 0 Å². The predicted octanol–water partition coefficient (Wildman–Crippen LogP) is 3.90. The van der Waals surface area contributed by atoms with Crippen molar-refractivity contribution in [1.82, 2.24) is 14.9 Å². The summed E-state index contributed by atoms with van der Waals surface area (Å²) in [5, 5.41) is 0. The molecule has 1 atom stereocenters. The molecule has 4 heteroatoms. The molecule has 1 aliphatic rings. The number of aromatic nitrogens is 2. The molecule has 1 amide bonds. The van der Waals surface area contributed by atoms with Gasteiger partial charge in [0.05, 0.1) is 0 Å². The Balaban J connectivity index is 1.75. The summed E-state index contributed by atoms with van der Waals surface area (Å²) in [5.41, 5.74) is 2.08. The quantitative estimate of drug-likeness (QED) is 0.857. The van der Waals surface area contributed by atoms with E-state index in [0.717, 1.165) is 43.0 Å². The largest absolute Gasteiger partial charge is 0.342 e. The summed E-state index contributed by atoms with van der Waals surface area (Å²) in [7, 11) is 0. The Labute approximate surface area is 143 Å². The van der Waals surface area contributed by atoms with Gasteiger partial charge < -0.3 is 4.90 Å². The first-order valence-corrected chi connectivity index (χ1v) is 8.79. The number of carbonyl (C=O) groups is 1. The number of hydrogen-bond acceptors (Lipinski definition) is 3. The van der Waals surface area contributed by atoms with Crippen molar-refractivity contribution in [3.05, 3.63) is 48.3 Å². The molecule has 0 aliphatic carbocycles. The van der Waals surface area contributed by atoms with Crippen molar-refractivity contribution in [2.45, 2.75) is 39.0 Å². The number of hydrogen-bond donors (Lipinski definition) is 0. The molecule has 1 fully saturated rings. The average Bonchev–Trinajstić information content (AvgIpc) is 2.62. The van der Waals surface area contributed by atoms with E-state index in [1.807, 2.05) is 47.5 Å². The summed E-state index contributed by atoms with van der Waals surface area (Å²) in [6.07, 6.45) is 4.58. The van der Waals surface area contributed by atoms with Gasteiger partial charge >= 0.3 is 0 Å². The van der Waals surface area contributed by atoms with E-state index < -0.39 is 0 Å². The van der Waals surface area contributed by atoms with Gasteiger partial charge in [-0.25, -0.2) is 9.97 Å². The highest BCUT2D eigenvalue weighted by atomic mass is 16.2. The SMILES string of the molecule is CC(C)CC(=O)N1CCC[C@H](c2ccnc(-c3ccccc3)n2)C1. The fourth-order valence-corrected chi connectivity index (χ4v) is 3.25. The number of nitrogens with zero attached hydrogens (tertiary/aromatic N) is 3. The molecule has 1 saturated heterocycles. The number of likely N-dealkylation sites (tertiary alicyclic amines) is 1. The Kier molecular flexibility index (Phi) is 5.24. The van der Waals surface area contributed by atoms with Crippen LogP contribution in [0.2, 0.25) is 0 Å². The van der Waals surface area contributed by atoms with E-state index in [4.69, 9.17) is 4.98 Å². The van der Waals surface area contributed by atoms with E-state index in [2.05, 4.69) is 18.8 Å². The third-order valence-corrected chi connectivity index (χ3v) is 4.48. The monoisotopic (exact) mass is 323 g/mol. The van der Waals surface area contributed by atoms with Gasteiger partial charge in [0.15, 0.2) is 5.82 Å². The fourth-order valence-electron chi connectivity index (χ4n) is 3.25. The molecule has 4 nitrogen and oxygen atoms in total. The molecule has 0 radical (unpaired) electrons. The lowest BCUT2D eigenvalue weighted by Crippen LogP contribution is -2.39. The van der Waals surface area contributed by atoms with E-state index >= 15 is 0 Å². The van der Waals surface area contributed by atoms with Gasteiger partial charge in [-0.1, -0.05) is 44.2 Å². The number of benzene rings is 1. The molecular weight excluding hydrogens is 298 g/mol. The summed E-state index contributed by atoms with van der Waals surface area (Å²) in [6, 6.07) is 12.0. The molecular formula is C20H25N3O. The second kappa shape index (κ2) is 7.56. The van der Waals surface area contributed by atoms with Crippen LogP contribution in [0.25, 0.3) is 11.4 Å². The van der Waals surface area contributed by atoms with Crippen LogP contribution in [0, 0.1) is 5.92 Å². The molecule has 126 valence electrons. The van der Waals surface area contributed by atoms with Crippen molar-refractivity contribution < 1.29 is 4.79 Å². The van der Waals surface area contributed by atoms with Crippen LogP contribution in [0.1, 0.15) is 44.7 Å². The zero-order valence-corrected chi connectivity index (χ0v) is 14.5. The number of rotatable bonds is 4. The molecule has 2 heterocycles. The van der Waals surface area contributed by atoms with Crippen LogP contribution >= 0.6 is 0 Å². The highest BCUT2D eigenvalue weighted by molar-refractivity contribution is 5.76. The summed E-state index contributed by atoms with van der Waals surface area (Å²) < 4.78 is 0.